The highest BCUT2D eigenvalue weighted by Crippen LogP contribution is 2.12. The molecule has 0 spiro atoms. The molecule has 17 heavy (non-hydrogen) atoms. The van der Waals surface area contributed by atoms with Gasteiger partial charge in [-0.05, 0) is 26.3 Å². The number of hydrogen-bond acceptors (Lipinski definition) is 4. The van der Waals surface area contributed by atoms with Crippen molar-refractivity contribution in [2.45, 2.75) is 38.8 Å². The monoisotopic (exact) mass is 243 g/mol. The normalized spacial score (nSPS) is 22.3. The first kappa shape index (κ1) is 14.4. The molecule has 1 heterocycles. The van der Waals surface area contributed by atoms with Crippen molar-refractivity contribution in [2.24, 2.45) is 5.73 Å². The van der Waals surface area contributed by atoms with Gasteiger partial charge in [-0.2, -0.15) is 0 Å². The van der Waals surface area contributed by atoms with Gasteiger partial charge in [-0.1, -0.05) is 6.92 Å². The van der Waals surface area contributed by atoms with Gasteiger partial charge in [-0.15, -0.1) is 0 Å². The lowest BCUT2D eigenvalue weighted by molar-refractivity contribution is -0.144. The summed E-state index contributed by atoms with van der Waals surface area (Å²) in [5, 5.41) is 9.17. The van der Waals surface area contributed by atoms with Gasteiger partial charge in [0.1, 0.15) is 6.04 Å². The smallest absolute Gasteiger partial charge is 0.320 e. The third-order valence-electron chi connectivity index (χ3n) is 3.73. The molecule has 100 valence electrons. The lowest BCUT2D eigenvalue weighted by atomic mass is 10.1. The quantitative estimate of drug-likeness (QED) is 0.697. The molecule has 0 bridgehead atoms. The number of carboxylic acids is 1. The van der Waals surface area contributed by atoms with Crippen LogP contribution in [0.5, 0.6) is 0 Å². The molecule has 1 saturated heterocycles. The molecule has 0 aromatic carbocycles. The topological polar surface area (TPSA) is 69.8 Å². The molecule has 0 aromatic heterocycles. The molecule has 2 unspecified atom stereocenters. The highest BCUT2D eigenvalue weighted by atomic mass is 16.4. The van der Waals surface area contributed by atoms with Crippen LogP contribution in [0.1, 0.15) is 26.7 Å². The number of aliphatic carboxylic acids is 1. The fraction of sp³-hybridized carbons (Fsp3) is 0.917. The predicted molar refractivity (Wildman–Crippen MR) is 68.0 cm³/mol. The van der Waals surface area contributed by atoms with Crippen LogP contribution < -0.4 is 5.73 Å². The van der Waals surface area contributed by atoms with Gasteiger partial charge in [-0.3, -0.25) is 14.6 Å². The van der Waals surface area contributed by atoms with Crippen LogP contribution in [0.25, 0.3) is 0 Å². The van der Waals surface area contributed by atoms with Crippen molar-refractivity contribution in [1.82, 2.24) is 9.80 Å². The zero-order chi connectivity index (χ0) is 12.8. The van der Waals surface area contributed by atoms with Crippen LogP contribution in [0, 0.1) is 0 Å². The third-order valence-corrected chi connectivity index (χ3v) is 3.73. The Morgan fingerprint density at radius 1 is 1.29 bits per heavy atom. The van der Waals surface area contributed by atoms with E-state index in [4.69, 9.17) is 10.8 Å². The summed E-state index contributed by atoms with van der Waals surface area (Å²) < 4.78 is 0. The van der Waals surface area contributed by atoms with E-state index < -0.39 is 12.0 Å². The molecule has 0 amide bonds. The third kappa shape index (κ3) is 3.94. The Hall–Kier alpha value is -0.650. The van der Waals surface area contributed by atoms with Crippen molar-refractivity contribution >= 4 is 5.97 Å². The molecule has 1 aliphatic rings. The van der Waals surface area contributed by atoms with E-state index in [0.29, 0.717) is 19.0 Å². The number of nitrogens with zero attached hydrogens (tertiary/aromatic N) is 2. The van der Waals surface area contributed by atoms with E-state index in [1.807, 2.05) is 4.90 Å². The van der Waals surface area contributed by atoms with E-state index in [1.54, 1.807) is 0 Å². The van der Waals surface area contributed by atoms with E-state index in [0.717, 1.165) is 32.6 Å². The maximum Gasteiger partial charge on any atom is 0.320 e. The number of piperazine rings is 1. The average Bonchev–Trinajstić information content (AvgIpc) is 2.35. The van der Waals surface area contributed by atoms with E-state index >= 15 is 0 Å². The van der Waals surface area contributed by atoms with Crippen molar-refractivity contribution in [1.29, 1.82) is 0 Å². The van der Waals surface area contributed by atoms with Crippen LogP contribution in [0.2, 0.25) is 0 Å². The first-order valence-corrected chi connectivity index (χ1v) is 6.51. The van der Waals surface area contributed by atoms with Crippen LogP contribution >= 0.6 is 0 Å². The lowest BCUT2D eigenvalue weighted by Gasteiger charge is -2.40. The minimum atomic E-state index is -0.743. The maximum atomic E-state index is 11.1. The molecule has 3 N–H and O–H groups in total. The standard InChI is InChI=1S/C12H25N3O2/c1-3-10(2)14-6-8-15(9-7-14)11(4-5-13)12(16)17/h10-11H,3-9,13H2,1-2H3,(H,16,17). The Kier molecular flexibility index (Phi) is 5.88. The SMILES string of the molecule is CCC(C)N1CCN(C(CCN)C(=O)O)CC1. The summed E-state index contributed by atoms with van der Waals surface area (Å²) in [7, 11) is 0. The average molecular weight is 243 g/mol. The summed E-state index contributed by atoms with van der Waals surface area (Å²) in [4.78, 5) is 15.6. The Morgan fingerprint density at radius 3 is 2.24 bits per heavy atom. The van der Waals surface area contributed by atoms with Crippen LogP contribution in [0.15, 0.2) is 0 Å². The molecule has 0 aromatic rings. The highest BCUT2D eigenvalue weighted by molar-refractivity contribution is 5.73. The molecule has 0 radical (unpaired) electrons. The molecule has 0 saturated carbocycles. The summed E-state index contributed by atoms with van der Waals surface area (Å²) >= 11 is 0. The van der Waals surface area contributed by atoms with Gasteiger partial charge in [0.2, 0.25) is 0 Å². The van der Waals surface area contributed by atoms with Gasteiger partial charge in [0.05, 0.1) is 0 Å². The molecule has 1 rings (SSSR count). The van der Waals surface area contributed by atoms with E-state index in [9.17, 15) is 4.79 Å². The Balaban J connectivity index is 2.46. The van der Waals surface area contributed by atoms with Gasteiger partial charge >= 0.3 is 5.97 Å². The highest BCUT2D eigenvalue weighted by Gasteiger charge is 2.29. The van der Waals surface area contributed by atoms with Gasteiger partial charge in [0.15, 0.2) is 0 Å². The molecule has 1 fully saturated rings. The van der Waals surface area contributed by atoms with Crippen molar-refractivity contribution in [2.75, 3.05) is 32.7 Å². The largest absolute Gasteiger partial charge is 0.480 e. The number of rotatable bonds is 6. The minimum absolute atomic E-state index is 0.404. The van der Waals surface area contributed by atoms with Crippen LogP contribution in [-0.4, -0.2) is 65.7 Å². The minimum Gasteiger partial charge on any atom is -0.480 e. The number of hydrogen-bond donors (Lipinski definition) is 2. The first-order chi connectivity index (χ1) is 8.10. The van der Waals surface area contributed by atoms with E-state index in [1.165, 1.54) is 0 Å². The molecule has 5 nitrogen and oxygen atoms in total. The second-order valence-electron chi connectivity index (χ2n) is 4.76. The zero-order valence-electron chi connectivity index (χ0n) is 10.9. The maximum absolute atomic E-state index is 11.1. The van der Waals surface area contributed by atoms with Crippen LogP contribution in [0.4, 0.5) is 0 Å². The molecule has 5 heteroatoms. The van der Waals surface area contributed by atoms with Crippen molar-refractivity contribution in [3.8, 4) is 0 Å². The van der Waals surface area contributed by atoms with Crippen molar-refractivity contribution in [3.05, 3.63) is 0 Å². The summed E-state index contributed by atoms with van der Waals surface area (Å²) in [6.45, 7) is 8.44. The van der Waals surface area contributed by atoms with Crippen LogP contribution in [0.3, 0.4) is 0 Å². The van der Waals surface area contributed by atoms with E-state index in [-0.39, 0.29) is 0 Å². The second-order valence-corrected chi connectivity index (χ2v) is 4.76. The number of carbonyl (C=O) groups is 1. The summed E-state index contributed by atoms with van der Waals surface area (Å²) in [6.07, 6.45) is 1.68. The predicted octanol–water partition coefficient (Wildman–Crippen LogP) is 0.205. The Bertz CT molecular complexity index is 240. The lowest BCUT2D eigenvalue weighted by Crippen LogP contribution is -2.54. The Morgan fingerprint density at radius 2 is 1.82 bits per heavy atom. The molecule has 0 aliphatic carbocycles. The summed E-state index contributed by atoms with van der Waals surface area (Å²) in [5.41, 5.74) is 5.47. The summed E-state index contributed by atoms with van der Waals surface area (Å²) in [5.74, 6) is -0.743. The molecule has 2 atom stereocenters. The van der Waals surface area contributed by atoms with E-state index in [2.05, 4.69) is 18.7 Å². The number of nitrogens with two attached hydrogens (primary N) is 1. The van der Waals surface area contributed by atoms with Gasteiger partial charge in [0.25, 0.3) is 0 Å². The Labute approximate surface area is 104 Å². The molecular weight excluding hydrogens is 218 g/mol. The summed E-state index contributed by atoms with van der Waals surface area (Å²) in [6, 6.07) is 0.189. The van der Waals surface area contributed by atoms with Crippen molar-refractivity contribution in [3.63, 3.8) is 0 Å². The molecular formula is C12H25N3O2. The second kappa shape index (κ2) is 6.93. The first-order valence-electron chi connectivity index (χ1n) is 6.51. The fourth-order valence-corrected chi connectivity index (χ4v) is 2.37. The van der Waals surface area contributed by atoms with Gasteiger partial charge in [0, 0.05) is 32.2 Å². The zero-order valence-corrected chi connectivity index (χ0v) is 10.9. The van der Waals surface area contributed by atoms with Gasteiger partial charge in [-0.25, -0.2) is 0 Å². The van der Waals surface area contributed by atoms with Gasteiger partial charge < -0.3 is 10.8 Å². The fourth-order valence-electron chi connectivity index (χ4n) is 2.37. The number of carboxylic acid groups (broad SMARTS) is 1. The van der Waals surface area contributed by atoms with Crippen molar-refractivity contribution < 1.29 is 9.90 Å². The molecule has 1 aliphatic heterocycles. The van der Waals surface area contributed by atoms with Crippen LogP contribution in [-0.2, 0) is 4.79 Å².